The van der Waals surface area contributed by atoms with Gasteiger partial charge in [-0.25, -0.2) is 0 Å². The molecule has 0 unspecified atom stereocenters. The quantitative estimate of drug-likeness (QED) is 0.386. The minimum absolute atomic E-state index is 0.0791. The van der Waals surface area contributed by atoms with Crippen molar-refractivity contribution in [3.8, 4) is 0 Å². The smallest absolute Gasteiger partial charge is 0.293 e. The van der Waals surface area contributed by atoms with E-state index in [2.05, 4.69) is 4.90 Å². The molecule has 1 amide bonds. The standard InChI is InChI=1S/C23H26N4O5/c28-22(26-12-14-32-15-13-26)17-24-8-10-25(11-9-24)20-7-6-19(16-21(20)27(30)31)23(29)18-4-2-1-3-5-18/h1-7,16H,8-15,17H2. The van der Waals surface area contributed by atoms with Gasteiger partial charge < -0.3 is 14.5 Å². The average molecular weight is 438 g/mol. The minimum Gasteiger partial charge on any atom is -0.378 e. The largest absolute Gasteiger partial charge is 0.378 e. The summed E-state index contributed by atoms with van der Waals surface area (Å²) in [6, 6.07) is 13.4. The fourth-order valence-corrected chi connectivity index (χ4v) is 4.09. The zero-order valence-electron chi connectivity index (χ0n) is 17.8. The molecule has 2 aliphatic heterocycles. The second-order valence-electron chi connectivity index (χ2n) is 7.91. The maximum absolute atomic E-state index is 12.7. The molecule has 0 radical (unpaired) electrons. The van der Waals surface area contributed by atoms with Crippen molar-refractivity contribution < 1.29 is 19.2 Å². The molecule has 0 spiro atoms. The number of nitrogens with zero attached hydrogens (tertiary/aromatic N) is 4. The van der Waals surface area contributed by atoms with Crippen LogP contribution in [0.2, 0.25) is 0 Å². The Morgan fingerprint density at radius 3 is 2.25 bits per heavy atom. The Kier molecular flexibility index (Phi) is 6.77. The number of carbonyl (C=O) groups excluding carboxylic acids is 2. The molecule has 32 heavy (non-hydrogen) atoms. The number of hydrogen-bond donors (Lipinski definition) is 0. The van der Waals surface area contributed by atoms with E-state index >= 15 is 0 Å². The summed E-state index contributed by atoms with van der Waals surface area (Å²) in [5.41, 5.74) is 1.21. The number of benzene rings is 2. The lowest BCUT2D eigenvalue weighted by Gasteiger charge is -2.36. The van der Waals surface area contributed by atoms with E-state index in [1.165, 1.54) is 6.07 Å². The van der Waals surface area contributed by atoms with E-state index in [1.807, 2.05) is 15.9 Å². The number of hydrogen-bond acceptors (Lipinski definition) is 7. The van der Waals surface area contributed by atoms with E-state index in [-0.39, 0.29) is 17.4 Å². The first-order valence-electron chi connectivity index (χ1n) is 10.7. The van der Waals surface area contributed by atoms with Crippen molar-refractivity contribution in [2.45, 2.75) is 0 Å². The Morgan fingerprint density at radius 2 is 1.59 bits per heavy atom. The Bertz CT molecular complexity index is 983. The lowest BCUT2D eigenvalue weighted by Crippen LogP contribution is -2.51. The van der Waals surface area contributed by atoms with Gasteiger partial charge in [-0.2, -0.15) is 0 Å². The zero-order valence-corrected chi connectivity index (χ0v) is 17.8. The molecule has 168 valence electrons. The third kappa shape index (κ3) is 4.95. The van der Waals surface area contributed by atoms with Crippen LogP contribution in [0.25, 0.3) is 0 Å². The number of amides is 1. The molecule has 9 nitrogen and oxygen atoms in total. The fourth-order valence-electron chi connectivity index (χ4n) is 4.09. The highest BCUT2D eigenvalue weighted by Gasteiger charge is 2.27. The van der Waals surface area contributed by atoms with Gasteiger partial charge in [0.2, 0.25) is 5.91 Å². The molecule has 0 bridgehead atoms. The number of ketones is 1. The van der Waals surface area contributed by atoms with E-state index in [0.717, 1.165) is 0 Å². The van der Waals surface area contributed by atoms with Gasteiger partial charge in [-0.15, -0.1) is 0 Å². The molecule has 2 fully saturated rings. The van der Waals surface area contributed by atoms with E-state index < -0.39 is 4.92 Å². The Balaban J connectivity index is 1.42. The van der Waals surface area contributed by atoms with Crippen LogP contribution in [0, 0.1) is 10.1 Å². The molecular formula is C23H26N4O5. The van der Waals surface area contributed by atoms with Crippen LogP contribution in [0.5, 0.6) is 0 Å². The fraction of sp³-hybridized carbons (Fsp3) is 0.391. The number of rotatable bonds is 6. The number of nitro groups is 1. The molecule has 0 N–H and O–H groups in total. The SMILES string of the molecule is O=C(c1ccccc1)c1ccc(N2CCN(CC(=O)N3CCOCC3)CC2)c([N+](=O)[O-])c1. The summed E-state index contributed by atoms with van der Waals surface area (Å²) in [5, 5.41) is 11.8. The number of nitro benzene ring substituents is 1. The summed E-state index contributed by atoms with van der Waals surface area (Å²) in [5.74, 6) is -0.150. The lowest BCUT2D eigenvalue weighted by atomic mass is 10.0. The van der Waals surface area contributed by atoms with Crippen molar-refractivity contribution in [2.75, 3.05) is 63.9 Å². The lowest BCUT2D eigenvalue weighted by molar-refractivity contribution is -0.384. The average Bonchev–Trinajstić information content (AvgIpc) is 2.85. The predicted octanol–water partition coefficient (Wildman–Crippen LogP) is 1.81. The highest BCUT2D eigenvalue weighted by atomic mass is 16.6. The van der Waals surface area contributed by atoms with Crippen LogP contribution in [0.15, 0.2) is 48.5 Å². The first-order valence-corrected chi connectivity index (χ1v) is 10.7. The summed E-state index contributed by atoms with van der Waals surface area (Å²) in [6.45, 7) is 5.17. The zero-order chi connectivity index (χ0) is 22.5. The molecule has 0 aliphatic carbocycles. The minimum atomic E-state index is -0.439. The van der Waals surface area contributed by atoms with Crippen molar-refractivity contribution in [3.05, 3.63) is 69.8 Å². The molecule has 0 saturated carbocycles. The monoisotopic (exact) mass is 438 g/mol. The molecular weight excluding hydrogens is 412 g/mol. The molecule has 2 aliphatic rings. The summed E-state index contributed by atoms with van der Waals surface area (Å²) in [4.78, 5) is 42.3. The van der Waals surface area contributed by atoms with Gasteiger partial charge in [0.25, 0.3) is 5.69 Å². The van der Waals surface area contributed by atoms with Crippen molar-refractivity contribution in [1.29, 1.82) is 0 Å². The van der Waals surface area contributed by atoms with Crippen LogP contribution in [-0.4, -0.2) is 85.4 Å². The van der Waals surface area contributed by atoms with Crippen LogP contribution < -0.4 is 4.90 Å². The van der Waals surface area contributed by atoms with Gasteiger partial charge in [-0.3, -0.25) is 24.6 Å². The van der Waals surface area contributed by atoms with Crippen molar-refractivity contribution in [1.82, 2.24) is 9.80 Å². The third-order valence-corrected chi connectivity index (χ3v) is 5.91. The summed E-state index contributed by atoms with van der Waals surface area (Å²) < 4.78 is 5.29. The van der Waals surface area contributed by atoms with Crippen LogP contribution in [0.4, 0.5) is 11.4 Å². The first-order chi connectivity index (χ1) is 15.5. The van der Waals surface area contributed by atoms with Gasteiger partial charge in [0.15, 0.2) is 5.78 Å². The Hall–Kier alpha value is -3.30. The van der Waals surface area contributed by atoms with Gasteiger partial charge in [-0.05, 0) is 12.1 Å². The number of piperazine rings is 1. The second kappa shape index (κ2) is 9.88. The van der Waals surface area contributed by atoms with Crippen molar-refractivity contribution in [3.63, 3.8) is 0 Å². The second-order valence-corrected chi connectivity index (χ2v) is 7.91. The molecule has 2 aromatic carbocycles. The molecule has 0 aromatic heterocycles. The Morgan fingerprint density at radius 1 is 0.906 bits per heavy atom. The first kappa shape index (κ1) is 21.9. The van der Waals surface area contributed by atoms with Gasteiger partial charge in [0, 0.05) is 56.5 Å². The Labute approximate surface area is 186 Å². The summed E-state index contributed by atoms with van der Waals surface area (Å²) in [7, 11) is 0. The molecule has 0 atom stereocenters. The van der Waals surface area contributed by atoms with Crippen LogP contribution in [0.3, 0.4) is 0 Å². The third-order valence-electron chi connectivity index (χ3n) is 5.91. The number of carbonyl (C=O) groups is 2. The number of morpholine rings is 1. The maximum Gasteiger partial charge on any atom is 0.293 e. The van der Waals surface area contributed by atoms with Crippen molar-refractivity contribution >= 4 is 23.1 Å². The normalized spacial score (nSPS) is 17.2. The highest BCUT2D eigenvalue weighted by molar-refractivity contribution is 6.09. The molecule has 2 aromatic rings. The van der Waals surface area contributed by atoms with Gasteiger partial charge in [0.05, 0.1) is 24.7 Å². The molecule has 9 heteroatoms. The van der Waals surface area contributed by atoms with Crippen LogP contribution >= 0.6 is 0 Å². The summed E-state index contributed by atoms with van der Waals surface area (Å²) >= 11 is 0. The molecule has 2 saturated heterocycles. The van der Waals surface area contributed by atoms with Crippen LogP contribution in [-0.2, 0) is 9.53 Å². The van der Waals surface area contributed by atoms with E-state index in [9.17, 15) is 19.7 Å². The van der Waals surface area contributed by atoms with E-state index in [4.69, 9.17) is 4.74 Å². The molecule has 2 heterocycles. The van der Waals surface area contributed by atoms with Crippen molar-refractivity contribution in [2.24, 2.45) is 0 Å². The van der Waals surface area contributed by atoms with E-state index in [1.54, 1.807) is 36.4 Å². The van der Waals surface area contributed by atoms with Crippen LogP contribution in [0.1, 0.15) is 15.9 Å². The maximum atomic E-state index is 12.7. The van der Waals surface area contributed by atoms with Gasteiger partial charge in [0.1, 0.15) is 5.69 Å². The predicted molar refractivity (Wildman–Crippen MR) is 119 cm³/mol. The van der Waals surface area contributed by atoms with Gasteiger partial charge in [-0.1, -0.05) is 30.3 Å². The van der Waals surface area contributed by atoms with E-state index in [0.29, 0.717) is 75.8 Å². The topological polar surface area (TPSA) is 96.2 Å². The summed E-state index contributed by atoms with van der Waals surface area (Å²) in [6.07, 6.45) is 0. The highest BCUT2D eigenvalue weighted by Crippen LogP contribution is 2.31. The number of ether oxygens (including phenoxy) is 1. The molecule has 4 rings (SSSR count). The number of anilines is 1. The van der Waals surface area contributed by atoms with Gasteiger partial charge >= 0.3 is 0 Å².